The van der Waals surface area contributed by atoms with E-state index < -0.39 is 0 Å². The van der Waals surface area contributed by atoms with Gasteiger partial charge in [0.1, 0.15) is 17.9 Å². The van der Waals surface area contributed by atoms with E-state index in [4.69, 9.17) is 14.1 Å². The quantitative estimate of drug-likeness (QED) is 0.678. The van der Waals surface area contributed by atoms with E-state index in [-0.39, 0.29) is 17.5 Å². The minimum absolute atomic E-state index is 0.0727. The monoisotopic (exact) mass is 373 g/mol. The van der Waals surface area contributed by atoms with Gasteiger partial charge in [0.05, 0.1) is 5.56 Å². The smallest absolute Gasteiger partial charge is 0.264 e. The molecule has 0 N–H and O–H groups in total. The van der Waals surface area contributed by atoms with Gasteiger partial charge in [0.25, 0.3) is 5.91 Å². The van der Waals surface area contributed by atoms with Crippen LogP contribution in [0.4, 0.5) is 5.88 Å². The van der Waals surface area contributed by atoms with Crippen molar-refractivity contribution < 1.29 is 13.6 Å². The van der Waals surface area contributed by atoms with E-state index in [0.717, 1.165) is 10.0 Å². The highest BCUT2D eigenvalue weighted by Crippen LogP contribution is 2.30. The number of hydrogen-bond acceptors (Lipinski definition) is 5. The van der Waals surface area contributed by atoms with Crippen molar-refractivity contribution >= 4 is 38.7 Å². The Kier molecular flexibility index (Phi) is 3.70. The highest BCUT2D eigenvalue weighted by molar-refractivity contribution is 9.10. The molecule has 2 aromatic heterocycles. The Morgan fingerprint density at radius 2 is 2.13 bits per heavy atom. The van der Waals surface area contributed by atoms with Crippen LogP contribution in [0.5, 0.6) is 0 Å². The molecule has 0 spiro atoms. The lowest BCUT2D eigenvalue weighted by Crippen LogP contribution is -2.26. The molecule has 1 amide bonds. The molecular formula is C16H12BrN3O3. The number of oxazole rings is 1. The third-order valence-corrected chi connectivity index (χ3v) is 3.94. The number of aryl methyl sites for hydroxylation is 2. The summed E-state index contributed by atoms with van der Waals surface area (Å²) in [6, 6.07) is 5.66. The van der Waals surface area contributed by atoms with Gasteiger partial charge in [-0.25, -0.2) is 4.98 Å². The lowest BCUT2D eigenvalue weighted by atomic mass is 10.1. The number of fused-ring (bicyclic) bond motifs is 1. The van der Waals surface area contributed by atoms with Gasteiger partial charge >= 0.3 is 0 Å². The number of furan rings is 1. The molecule has 0 aliphatic rings. The Labute approximate surface area is 140 Å². The Hall–Kier alpha value is -2.59. The molecule has 0 aliphatic carbocycles. The van der Waals surface area contributed by atoms with Gasteiger partial charge in [0.15, 0.2) is 5.89 Å². The SMILES string of the molecule is Cc1nc(C#N)c(N(C)C(=O)c2coc3c(C)cc(Br)cc23)o1. The topological polar surface area (TPSA) is 83.3 Å². The van der Waals surface area contributed by atoms with Crippen LogP contribution in [-0.4, -0.2) is 17.9 Å². The minimum atomic E-state index is -0.339. The number of amides is 1. The first-order valence-electron chi connectivity index (χ1n) is 6.75. The van der Waals surface area contributed by atoms with Crippen LogP contribution in [0.2, 0.25) is 0 Å². The highest BCUT2D eigenvalue weighted by Gasteiger charge is 2.25. The molecule has 0 unspecified atom stereocenters. The summed E-state index contributed by atoms with van der Waals surface area (Å²) in [7, 11) is 1.53. The molecule has 2 heterocycles. The molecule has 0 aliphatic heterocycles. The predicted molar refractivity (Wildman–Crippen MR) is 87.3 cm³/mol. The van der Waals surface area contributed by atoms with Crippen molar-refractivity contribution in [3.05, 3.63) is 45.6 Å². The third kappa shape index (κ3) is 2.51. The second-order valence-corrected chi connectivity index (χ2v) is 6.03. The maximum Gasteiger partial charge on any atom is 0.264 e. The van der Waals surface area contributed by atoms with E-state index in [1.807, 2.05) is 25.1 Å². The van der Waals surface area contributed by atoms with E-state index in [1.165, 1.54) is 18.2 Å². The molecule has 0 saturated heterocycles. The molecule has 0 fully saturated rings. The Morgan fingerprint density at radius 1 is 1.39 bits per heavy atom. The van der Waals surface area contributed by atoms with Crippen LogP contribution in [0.15, 0.2) is 31.7 Å². The number of anilines is 1. The average Bonchev–Trinajstić information content (AvgIpc) is 3.09. The summed E-state index contributed by atoms with van der Waals surface area (Å²) < 4.78 is 11.8. The molecule has 3 rings (SSSR count). The molecule has 0 bridgehead atoms. The lowest BCUT2D eigenvalue weighted by Gasteiger charge is -2.13. The number of halogens is 1. The van der Waals surface area contributed by atoms with Crippen LogP contribution >= 0.6 is 15.9 Å². The van der Waals surface area contributed by atoms with E-state index in [1.54, 1.807) is 6.92 Å². The number of aromatic nitrogens is 1. The van der Waals surface area contributed by atoms with Crippen LogP contribution in [0.3, 0.4) is 0 Å². The second kappa shape index (κ2) is 5.56. The minimum Gasteiger partial charge on any atom is -0.463 e. The van der Waals surface area contributed by atoms with E-state index >= 15 is 0 Å². The number of carbonyl (C=O) groups excluding carboxylic acids is 1. The normalized spacial score (nSPS) is 10.7. The van der Waals surface area contributed by atoms with Crippen LogP contribution in [-0.2, 0) is 0 Å². The standard InChI is InChI=1S/C16H12BrN3O3/c1-8-4-10(17)5-11-12(7-22-14(8)11)15(21)20(3)16-13(6-18)19-9(2)23-16/h4-5,7H,1-3H3. The highest BCUT2D eigenvalue weighted by atomic mass is 79.9. The molecule has 0 radical (unpaired) electrons. The maximum atomic E-state index is 12.8. The van der Waals surface area contributed by atoms with Crippen molar-refractivity contribution in [1.29, 1.82) is 5.26 Å². The summed E-state index contributed by atoms with van der Waals surface area (Å²) in [4.78, 5) is 18.0. The van der Waals surface area contributed by atoms with Gasteiger partial charge in [-0.3, -0.25) is 9.69 Å². The Morgan fingerprint density at radius 3 is 2.83 bits per heavy atom. The fourth-order valence-electron chi connectivity index (χ4n) is 2.42. The largest absolute Gasteiger partial charge is 0.463 e. The van der Waals surface area contributed by atoms with Gasteiger partial charge in [-0.2, -0.15) is 5.26 Å². The van der Waals surface area contributed by atoms with Crippen molar-refractivity contribution in [2.45, 2.75) is 13.8 Å². The zero-order valence-corrected chi connectivity index (χ0v) is 14.3. The van der Waals surface area contributed by atoms with E-state index in [2.05, 4.69) is 20.9 Å². The molecular weight excluding hydrogens is 362 g/mol. The summed E-state index contributed by atoms with van der Waals surface area (Å²) in [5, 5.41) is 9.80. The van der Waals surface area contributed by atoms with Crippen molar-refractivity contribution in [2.75, 3.05) is 11.9 Å². The lowest BCUT2D eigenvalue weighted by molar-refractivity contribution is 0.0989. The second-order valence-electron chi connectivity index (χ2n) is 5.11. The van der Waals surface area contributed by atoms with Crippen LogP contribution in [0, 0.1) is 25.2 Å². The number of carbonyl (C=O) groups is 1. The predicted octanol–water partition coefficient (Wildman–Crippen LogP) is 3.95. The van der Waals surface area contributed by atoms with E-state index in [9.17, 15) is 4.79 Å². The molecule has 3 aromatic rings. The molecule has 0 atom stereocenters. The van der Waals surface area contributed by atoms with Crippen molar-refractivity contribution in [2.24, 2.45) is 0 Å². The van der Waals surface area contributed by atoms with Crippen molar-refractivity contribution in [1.82, 2.24) is 4.98 Å². The van der Waals surface area contributed by atoms with E-state index in [0.29, 0.717) is 22.4 Å². The number of nitriles is 1. The number of rotatable bonds is 2. The summed E-state index contributed by atoms with van der Waals surface area (Å²) in [5.74, 6) is 0.108. The zero-order valence-electron chi connectivity index (χ0n) is 12.7. The van der Waals surface area contributed by atoms with Gasteiger partial charge in [0, 0.05) is 23.8 Å². The van der Waals surface area contributed by atoms with Crippen LogP contribution in [0.25, 0.3) is 11.0 Å². The fourth-order valence-corrected chi connectivity index (χ4v) is 3.00. The maximum absolute atomic E-state index is 12.8. The number of nitrogens with zero attached hydrogens (tertiary/aromatic N) is 3. The molecule has 116 valence electrons. The molecule has 1 aromatic carbocycles. The van der Waals surface area contributed by atoms with Gasteiger partial charge < -0.3 is 8.83 Å². The summed E-state index contributed by atoms with van der Waals surface area (Å²) in [6.07, 6.45) is 1.41. The van der Waals surface area contributed by atoms with Gasteiger partial charge in [-0.1, -0.05) is 15.9 Å². The molecule has 7 heteroatoms. The third-order valence-electron chi connectivity index (χ3n) is 3.49. The number of benzene rings is 1. The average molecular weight is 374 g/mol. The zero-order chi connectivity index (χ0) is 16.7. The van der Waals surface area contributed by atoms with Crippen molar-refractivity contribution in [3.8, 4) is 6.07 Å². The first-order valence-corrected chi connectivity index (χ1v) is 7.54. The Bertz CT molecular complexity index is 965. The molecule has 6 nitrogen and oxygen atoms in total. The van der Waals surface area contributed by atoms with Crippen LogP contribution < -0.4 is 4.90 Å². The summed E-state index contributed by atoms with van der Waals surface area (Å²) >= 11 is 3.42. The fraction of sp³-hybridized carbons (Fsp3) is 0.188. The van der Waals surface area contributed by atoms with Gasteiger partial charge in [-0.05, 0) is 24.6 Å². The summed E-state index contributed by atoms with van der Waals surface area (Å²) in [6.45, 7) is 3.53. The van der Waals surface area contributed by atoms with Crippen molar-refractivity contribution in [3.63, 3.8) is 0 Å². The van der Waals surface area contributed by atoms with Crippen LogP contribution in [0.1, 0.15) is 27.5 Å². The first kappa shape index (κ1) is 15.3. The first-order chi connectivity index (χ1) is 10.9. The molecule has 0 saturated carbocycles. The number of hydrogen-bond donors (Lipinski definition) is 0. The Balaban J connectivity index is 2.08. The van der Waals surface area contributed by atoms with Gasteiger partial charge in [-0.15, -0.1) is 0 Å². The molecule has 23 heavy (non-hydrogen) atoms. The van der Waals surface area contributed by atoms with Gasteiger partial charge in [0.2, 0.25) is 11.6 Å². The summed E-state index contributed by atoms with van der Waals surface area (Å²) in [5.41, 5.74) is 2.04.